The highest BCUT2D eigenvalue weighted by atomic mass is 16.5. The second-order valence-electron chi connectivity index (χ2n) is 8.11. The predicted octanol–water partition coefficient (Wildman–Crippen LogP) is 4.00. The Balaban J connectivity index is 1.23. The minimum Gasteiger partial charge on any atom is -0.497 e. The van der Waals surface area contributed by atoms with Crippen LogP contribution in [0.15, 0.2) is 67.0 Å². The summed E-state index contributed by atoms with van der Waals surface area (Å²) >= 11 is 0. The van der Waals surface area contributed by atoms with Gasteiger partial charge in [-0.3, -0.25) is 10.00 Å². The Kier molecular flexibility index (Phi) is 7.16. The lowest BCUT2D eigenvalue weighted by molar-refractivity contribution is 0.0322. The summed E-state index contributed by atoms with van der Waals surface area (Å²) in [5, 5.41) is 10.6. The van der Waals surface area contributed by atoms with Crippen molar-refractivity contribution in [1.82, 2.24) is 25.1 Å². The Morgan fingerprint density at radius 3 is 2.74 bits per heavy atom. The summed E-state index contributed by atoms with van der Waals surface area (Å²) in [7, 11) is 1.65. The average molecular weight is 473 g/mol. The quantitative estimate of drug-likeness (QED) is 0.377. The Morgan fingerprint density at radius 2 is 1.91 bits per heavy atom. The van der Waals surface area contributed by atoms with Gasteiger partial charge in [0.15, 0.2) is 0 Å². The van der Waals surface area contributed by atoms with Gasteiger partial charge in [-0.25, -0.2) is 9.97 Å². The summed E-state index contributed by atoms with van der Waals surface area (Å²) in [5.74, 6) is 2.11. The van der Waals surface area contributed by atoms with Crippen LogP contribution in [0.3, 0.4) is 0 Å². The van der Waals surface area contributed by atoms with E-state index in [0.29, 0.717) is 12.6 Å². The van der Waals surface area contributed by atoms with E-state index in [9.17, 15) is 0 Å². The van der Waals surface area contributed by atoms with Crippen LogP contribution in [-0.4, -0.2) is 71.6 Å². The number of morpholine rings is 1. The van der Waals surface area contributed by atoms with Crippen molar-refractivity contribution in [2.75, 3.05) is 51.9 Å². The molecule has 0 spiro atoms. The van der Waals surface area contributed by atoms with Crippen molar-refractivity contribution < 1.29 is 14.2 Å². The number of hydrogen-bond acceptors (Lipinski definition) is 8. The molecular formula is C26H28N6O3. The van der Waals surface area contributed by atoms with E-state index < -0.39 is 0 Å². The third-order valence-corrected chi connectivity index (χ3v) is 5.82. The molecule has 0 amide bonds. The summed E-state index contributed by atoms with van der Waals surface area (Å²) in [5.41, 5.74) is 4.36. The molecule has 2 N–H and O–H groups in total. The normalized spacial score (nSPS) is 14.0. The fraction of sp³-hybridized carbons (Fsp3) is 0.269. The van der Waals surface area contributed by atoms with Crippen molar-refractivity contribution in [1.29, 1.82) is 0 Å². The van der Waals surface area contributed by atoms with E-state index in [1.807, 2.05) is 54.6 Å². The van der Waals surface area contributed by atoms with Crippen LogP contribution in [0.25, 0.3) is 22.5 Å². The smallest absolute Gasteiger partial charge is 0.227 e. The second kappa shape index (κ2) is 11.0. The number of methoxy groups -OCH3 is 1. The lowest BCUT2D eigenvalue weighted by Gasteiger charge is -2.26. The molecule has 5 rings (SSSR count). The maximum absolute atomic E-state index is 5.89. The summed E-state index contributed by atoms with van der Waals surface area (Å²) in [4.78, 5) is 11.4. The van der Waals surface area contributed by atoms with Gasteiger partial charge in [0.1, 0.15) is 18.1 Å². The van der Waals surface area contributed by atoms with Crippen molar-refractivity contribution in [3.8, 4) is 34.0 Å². The largest absolute Gasteiger partial charge is 0.497 e. The fourth-order valence-corrected chi connectivity index (χ4v) is 3.93. The first-order valence-corrected chi connectivity index (χ1v) is 11.6. The van der Waals surface area contributed by atoms with Crippen LogP contribution in [-0.2, 0) is 4.74 Å². The SMILES string of the molecule is COc1cccc(-c2[nH]ncc2-c2ccnc(Nc3ccc(OCCN4CCOCC4)cc3)n2)c1. The molecule has 1 aliphatic heterocycles. The number of rotatable bonds is 9. The minimum atomic E-state index is 0.501. The standard InChI is InChI=1S/C26H28N6O3/c1-33-22-4-2-3-19(17-22)25-23(18-28-31-25)24-9-10-27-26(30-24)29-20-5-7-21(8-6-20)35-16-13-32-11-14-34-15-12-32/h2-10,17-18H,11-16H2,1H3,(H,28,31)(H,27,29,30). The van der Waals surface area contributed by atoms with Gasteiger partial charge in [0.25, 0.3) is 0 Å². The maximum atomic E-state index is 5.89. The molecule has 0 unspecified atom stereocenters. The summed E-state index contributed by atoms with van der Waals surface area (Å²) < 4.78 is 16.6. The molecule has 9 nitrogen and oxygen atoms in total. The first kappa shape index (κ1) is 22.8. The van der Waals surface area contributed by atoms with Gasteiger partial charge in [-0.05, 0) is 42.5 Å². The molecule has 180 valence electrons. The first-order chi connectivity index (χ1) is 17.3. The highest BCUT2D eigenvalue weighted by Crippen LogP contribution is 2.31. The molecule has 0 saturated carbocycles. The molecule has 1 fully saturated rings. The van der Waals surface area contributed by atoms with Crippen LogP contribution >= 0.6 is 0 Å². The number of hydrogen-bond donors (Lipinski definition) is 2. The van der Waals surface area contributed by atoms with Gasteiger partial charge in [0.2, 0.25) is 5.95 Å². The highest BCUT2D eigenvalue weighted by molar-refractivity contribution is 5.79. The average Bonchev–Trinajstić information content (AvgIpc) is 3.41. The molecule has 0 aliphatic carbocycles. The molecule has 0 radical (unpaired) electrons. The Labute approximate surface area is 204 Å². The van der Waals surface area contributed by atoms with E-state index in [0.717, 1.165) is 72.5 Å². The van der Waals surface area contributed by atoms with E-state index in [1.54, 1.807) is 19.5 Å². The second-order valence-corrected chi connectivity index (χ2v) is 8.11. The van der Waals surface area contributed by atoms with Crippen molar-refractivity contribution in [3.63, 3.8) is 0 Å². The van der Waals surface area contributed by atoms with Gasteiger partial charge in [-0.2, -0.15) is 5.10 Å². The Bertz CT molecular complexity index is 1240. The number of nitrogens with zero attached hydrogens (tertiary/aromatic N) is 4. The van der Waals surface area contributed by atoms with E-state index in [-0.39, 0.29) is 0 Å². The van der Waals surface area contributed by atoms with Gasteiger partial charge in [0, 0.05) is 42.6 Å². The van der Waals surface area contributed by atoms with Crippen molar-refractivity contribution in [2.45, 2.75) is 0 Å². The number of ether oxygens (including phenoxy) is 3. The lowest BCUT2D eigenvalue weighted by atomic mass is 10.1. The van der Waals surface area contributed by atoms with Crippen LogP contribution in [0.1, 0.15) is 0 Å². The zero-order valence-electron chi connectivity index (χ0n) is 19.6. The topological polar surface area (TPSA) is 97.4 Å². The third kappa shape index (κ3) is 5.76. The fourth-order valence-electron chi connectivity index (χ4n) is 3.93. The molecule has 1 aliphatic rings. The zero-order chi connectivity index (χ0) is 23.9. The van der Waals surface area contributed by atoms with E-state index in [4.69, 9.17) is 19.2 Å². The summed E-state index contributed by atoms with van der Waals surface area (Å²) in [6, 6.07) is 17.5. The molecule has 1 saturated heterocycles. The number of nitrogens with one attached hydrogen (secondary N) is 2. The zero-order valence-corrected chi connectivity index (χ0v) is 19.6. The molecule has 35 heavy (non-hydrogen) atoms. The third-order valence-electron chi connectivity index (χ3n) is 5.82. The monoisotopic (exact) mass is 472 g/mol. The van der Waals surface area contributed by atoms with Crippen LogP contribution in [0.2, 0.25) is 0 Å². The molecule has 2 aromatic heterocycles. The number of H-pyrrole nitrogens is 1. The van der Waals surface area contributed by atoms with Gasteiger partial charge in [-0.1, -0.05) is 12.1 Å². The molecule has 2 aromatic carbocycles. The van der Waals surface area contributed by atoms with Crippen molar-refractivity contribution in [3.05, 3.63) is 67.0 Å². The van der Waals surface area contributed by atoms with Crippen molar-refractivity contribution in [2.24, 2.45) is 0 Å². The van der Waals surface area contributed by atoms with Crippen molar-refractivity contribution >= 4 is 11.6 Å². The molecule has 9 heteroatoms. The first-order valence-electron chi connectivity index (χ1n) is 11.6. The highest BCUT2D eigenvalue weighted by Gasteiger charge is 2.13. The van der Waals surface area contributed by atoms with E-state index in [1.165, 1.54) is 0 Å². The Hall–Kier alpha value is -3.95. The molecule has 0 atom stereocenters. The van der Waals surface area contributed by atoms with Crippen LogP contribution < -0.4 is 14.8 Å². The Morgan fingerprint density at radius 1 is 1.06 bits per heavy atom. The summed E-state index contributed by atoms with van der Waals surface area (Å²) in [6.07, 6.45) is 3.50. The molecule has 0 bridgehead atoms. The lowest BCUT2D eigenvalue weighted by Crippen LogP contribution is -2.38. The number of benzene rings is 2. The van der Waals surface area contributed by atoms with Gasteiger partial charge in [-0.15, -0.1) is 0 Å². The van der Waals surface area contributed by atoms with E-state index >= 15 is 0 Å². The molecule has 4 aromatic rings. The molecule has 3 heterocycles. The number of aromatic nitrogens is 4. The summed E-state index contributed by atoms with van der Waals surface area (Å²) in [6.45, 7) is 5.07. The van der Waals surface area contributed by atoms with Crippen LogP contribution in [0.5, 0.6) is 11.5 Å². The van der Waals surface area contributed by atoms with Crippen LogP contribution in [0, 0.1) is 0 Å². The molecular weight excluding hydrogens is 444 g/mol. The van der Waals surface area contributed by atoms with Gasteiger partial charge in [0.05, 0.1) is 37.9 Å². The van der Waals surface area contributed by atoms with Gasteiger partial charge < -0.3 is 19.5 Å². The van der Waals surface area contributed by atoms with Gasteiger partial charge >= 0.3 is 0 Å². The van der Waals surface area contributed by atoms with Crippen LogP contribution in [0.4, 0.5) is 11.6 Å². The number of anilines is 2. The minimum absolute atomic E-state index is 0.501. The van der Waals surface area contributed by atoms with E-state index in [2.05, 4.69) is 25.4 Å². The maximum Gasteiger partial charge on any atom is 0.227 e. The number of aromatic amines is 1. The predicted molar refractivity (Wildman–Crippen MR) is 134 cm³/mol.